The molecule has 2 N–H and O–H groups in total. The average molecular weight is 499 g/mol. The first kappa shape index (κ1) is 25.5. The highest BCUT2D eigenvalue weighted by Gasteiger charge is 2.14. The monoisotopic (exact) mass is 498 g/mol. The van der Waals surface area contributed by atoms with Gasteiger partial charge in [-0.05, 0) is 50.1 Å². The van der Waals surface area contributed by atoms with Crippen molar-refractivity contribution in [3.8, 4) is 5.75 Å². The number of nitrogens with one attached hydrogen (secondary N) is 2. The third-order valence-corrected chi connectivity index (χ3v) is 5.95. The molecule has 2 aromatic carbocycles. The van der Waals surface area contributed by atoms with E-state index in [1.165, 1.54) is 23.5 Å². The molecule has 0 radical (unpaired) electrons. The van der Waals surface area contributed by atoms with Crippen LogP contribution in [0, 0.1) is 6.92 Å². The van der Waals surface area contributed by atoms with E-state index in [4.69, 9.17) is 16.3 Å². The Kier molecular flexibility index (Phi) is 9.73. The van der Waals surface area contributed by atoms with Crippen LogP contribution in [0.25, 0.3) is 0 Å². The Labute approximate surface area is 208 Å². The number of amides is 2. The van der Waals surface area contributed by atoms with Crippen LogP contribution in [0.1, 0.15) is 41.4 Å². The quantitative estimate of drug-likeness (QED) is 0.212. The second-order valence-electron chi connectivity index (χ2n) is 7.49. The number of aryl methyl sites for hydroxylation is 1. The zero-order valence-electron chi connectivity index (χ0n) is 19.1. The third kappa shape index (κ3) is 8.04. The number of carbonyl (C=O) groups excluding carboxylic acids is 2. The molecular weight excluding hydrogens is 472 g/mol. The molecule has 0 aliphatic rings. The van der Waals surface area contributed by atoms with Crippen LogP contribution < -0.4 is 15.4 Å². The van der Waals surface area contributed by atoms with Gasteiger partial charge >= 0.3 is 0 Å². The van der Waals surface area contributed by atoms with Crippen LogP contribution in [-0.4, -0.2) is 34.9 Å². The van der Waals surface area contributed by atoms with E-state index in [-0.39, 0.29) is 23.0 Å². The lowest BCUT2D eigenvalue weighted by atomic mass is 10.2. The number of carbonyl (C=O) groups is 2. The predicted octanol–water partition coefficient (Wildman–Crippen LogP) is 5.28. The minimum absolute atomic E-state index is 0.127. The highest BCUT2D eigenvalue weighted by atomic mass is 35.5. The Bertz CT molecular complexity index is 1110. The number of ether oxygens (including phenoxy) is 1. The van der Waals surface area contributed by atoms with Crippen molar-refractivity contribution < 1.29 is 14.3 Å². The third-order valence-electron chi connectivity index (χ3n) is 4.74. The van der Waals surface area contributed by atoms with Crippen molar-refractivity contribution in [3.63, 3.8) is 0 Å². The van der Waals surface area contributed by atoms with Crippen molar-refractivity contribution in [2.24, 2.45) is 0 Å². The van der Waals surface area contributed by atoms with E-state index in [1.54, 1.807) is 24.3 Å². The first-order valence-electron chi connectivity index (χ1n) is 11.0. The summed E-state index contributed by atoms with van der Waals surface area (Å²) in [6.07, 6.45) is 2.18. The molecule has 3 aromatic rings. The van der Waals surface area contributed by atoms with Gasteiger partial charge in [0.05, 0.1) is 17.8 Å². The van der Waals surface area contributed by atoms with Crippen molar-refractivity contribution in [3.05, 3.63) is 76.6 Å². The standard InChI is InChI=1S/C25H27ClN4O3S/c1-3-33-20-12-10-19(11-13-20)29-22(31)5-4-14-27-24(32)23-21(26)15-28-25(30-23)34-16-18-8-6-17(2)7-9-18/h6-13,15H,3-5,14,16H2,1-2H3,(H,27,32)(H,29,31). The lowest BCUT2D eigenvalue weighted by Gasteiger charge is -2.09. The lowest BCUT2D eigenvalue weighted by molar-refractivity contribution is -0.116. The molecule has 34 heavy (non-hydrogen) atoms. The van der Waals surface area contributed by atoms with Gasteiger partial charge in [-0.3, -0.25) is 9.59 Å². The number of hydrogen-bond acceptors (Lipinski definition) is 6. The van der Waals surface area contributed by atoms with E-state index in [9.17, 15) is 9.59 Å². The van der Waals surface area contributed by atoms with Gasteiger partial charge < -0.3 is 15.4 Å². The van der Waals surface area contributed by atoms with E-state index in [1.807, 2.05) is 13.8 Å². The molecule has 0 fully saturated rings. The van der Waals surface area contributed by atoms with Crippen LogP contribution in [-0.2, 0) is 10.5 Å². The smallest absolute Gasteiger partial charge is 0.271 e. The van der Waals surface area contributed by atoms with Gasteiger partial charge in [0.25, 0.3) is 5.91 Å². The van der Waals surface area contributed by atoms with Gasteiger partial charge in [-0.15, -0.1) is 0 Å². The molecule has 1 aromatic heterocycles. The number of halogens is 1. The molecule has 178 valence electrons. The molecule has 2 amide bonds. The molecule has 0 bridgehead atoms. The Morgan fingerprint density at radius 2 is 1.82 bits per heavy atom. The minimum Gasteiger partial charge on any atom is -0.494 e. The van der Waals surface area contributed by atoms with Gasteiger partial charge in [0.1, 0.15) is 5.75 Å². The van der Waals surface area contributed by atoms with Gasteiger partial charge in [-0.25, -0.2) is 9.97 Å². The first-order chi connectivity index (χ1) is 16.4. The van der Waals surface area contributed by atoms with E-state index in [0.717, 1.165) is 11.3 Å². The maximum absolute atomic E-state index is 12.5. The topological polar surface area (TPSA) is 93.2 Å². The van der Waals surface area contributed by atoms with Crippen LogP contribution in [0.15, 0.2) is 59.9 Å². The van der Waals surface area contributed by atoms with Gasteiger partial charge in [-0.1, -0.05) is 53.2 Å². The van der Waals surface area contributed by atoms with E-state index < -0.39 is 5.91 Å². The number of anilines is 1. The Balaban J connectivity index is 1.43. The van der Waals surface area contributed by atoms with Crippen LogP contribution in [0.3, 0.4) is 0 Å². The summed E-state index contributed by atoms with van der Waals surface area (Å²) < 4.78 is 5.38. The average Bonchev–Trinajstić information content (AvgIpc) is 2.83. The fraction of sp³-hybridized carbons (Fsp3) is 0.280. The molecule has 7 nitrogen and oxygen atoms in total. The maximum atomic E-state index is 12.5. The van der Waals surface area contributed by atoms with Crippen LogP contribution in [0.4, 0.5) is 5.69 Å². The number of benzene rings is 2. The molecule has 9 heteroatoms. The molecule has 1 heterocycles. The lowest BCUT2D eigenvalue weighted by Crippen LogP contribution is -2.27. The van der Waals surface area contributed by atoms with E-state index in [2.05, 4.69) is 44.9 Å². The molecule has 0 saturated carbocycles. The maximum Gasteiger partial charge on any atom is 0.271 e. The molecule has 0 aliphatic carbocycles. The van der Waals surface area contributed by atoms with Gasteiger partial charge in [0, 0.05) is 24.4 Å². The summed E-state index contributed by atoms with van der Waals surface area (Å²) in [6.45, 7) is 4.86. The van der Waals surface area contributed by atoms with E-state index >= 15 is 0 Å². The largest absolute Gasteiger partial charge is 0.494 e. The number of aromatic nitrogens is 2. The second-order valence-corrected chi connectivity index (χ2v) is 8.84. The van der Waals surface area contributed by atoms with Gasteiger partial charge in [-0.2, -0.15) is 0 Å². The molecule has 0 unspecified atom stereocenters. The number of hydrogen-bond donors (Lipinski definition) is 2. The fourth-order valence-corrected chi connectivity index (χ4v) is 3.92. The molecular formula is C25H27ClN4O3S. The zero-order valence-corrected chi connectivity index (χ0v) is 20.7. The zero-order chi connectivity index (χ0) is 24.3. The molecule has 0 spiro atoms. The van der Waals surface area contributed by atoms with Crippen molar-refractivity contribution in [2.75, 3.05) is 18.5 Å². The predicted molar refractivity (Wildman–Crippen MR) is 136 cm³/mol. The van der Waals surface area contributed by atoms with Gasteiger partial charge in [0.15, 0.2) is 10.9 Å². The summed E-state index contributed by atoms with van der Waals surface area (Å²) >= 11 is 7.58. The molecule has 0 saturated heterocycles. The second kappa shape index (κ2) is 13.0. The van der Waals surface area contributed by atoms with Crippen molar-refractivity contribution in [2.45, 2.75) is 37.6 Å². The normalized spacial score (nSPS) is 10.6. The number of rotatable bonds is 11. The summed E-state index contributed by atoms with van der Waals surface area (Å²) in [6, 6.07) is 15.4. The number of thioether (sulfide) groups is 1. The summed E-state index contributed by atoms with van der Waals surface area (Å²) in [5.41, 5.74) is 3.16. The highest BCUT2D eigenvalue weighted by molar-refractivity contribution is 7.98. The van der Waals surface area contributed by atoms with Crippen molar-refractivity contribution >= 4 is 40.9 Å². The van der Waals surface area contributed by atoms with Crippen molar-refractivity contribution in [1.29, 1.82) is 0 Å². The highest BCUT2D eigenvalue weighted by Crippen LogP contribution is 2.22. The van der Waals surface area contributed by atoms with Crippen molar-refractivity contribution in [1.82, 2.24) is 15.3 Å². The first-order valence-corrected chi connectivity index (χ1v) is 12.3. The summed E-state index contributed by atoms with van der Waals surface area (Å²) in [5, 5.41) is 6.26. The SMILES string of the molecule is CCOc1ccc(NC(=O)CCCNC(=O)c2nc(SCc3ccc(C)cc3)ncc2Cl)cc1. The molecule has 0 atom stereocenters. The molecule has 3 rings (SSSR count). The van der Waals surface area contributed by atoms with E-state index in [0.29, 0.717) is 36.2 Å². The van der Waals surface area contributed by atoms with Crippen LogP contribution in [0.2, 0.25) is 5.02 Å². The van der Waals surface area contributed by atoms with Crippen LogP contribution >= 0.6 is 23.4 Å². The van der Waals surface area contributed by atoms with Crippen LogP contribution in [0.5, 0.6) is 5.75 Å². The fourth-order valence-electron chi connectivity index (χ4n) is 2.97. The Morgan fingerprint density at radius 3 is 2.53 bits per heavy atom. The minimum atomic E-state index is -0.392. The summed E-state index contributed by atoms with van der Waals surface area (Å²) in [7, 11) is 0. The van der Waals surface area contributed by atoms with Gasteiger partial charge in [0.2, 0.25) is 5.91 Å². The molecule has 0 aliphatic heterocycles. The Hall–Kier alpha value is -3.10. The summed E-state index contributed by atoms with van der Waals surface area (Å²) in [5.74, 6) is 0.917. The summed E-state index contributed by atoms with van der Waals surface area (Å²) in [4.78, 5) is 33.2. The Morgan fingerprint density at radius 1 is 1.09 bits per heavy atom. The number of nitrogens with zero attached hydrogens (tertiary/aromatic N) is 2.